The van der Waals surface area contributed by atoms with Gasteiger partial charge in [0.2, 0.25) is 0 Å². The van der Waals surface area contributed by atoms with E-state index >= 15 is 0 Å². The number of hydrogen-bond acceptors (Lipinski definition) is 3. The van der Waals surface area contributed by atoms with E-state index in [1.807, 2.05) is 14.1 Å². The first kappa shape index (κ1) is 13.9. The maximum absolute atomic E-state index is 10.7. The predicted molar refractivity (Wildman–Crippen MR) is 76.6 cm³/mol. The Morgan fingerprint density at radius 3 is 2.95 bits per heavy atom. The normalized spacial score (nSPS) is 19.6. The van der Waals surface area contributed by atoms with E-state index in [0.29, 0.717) is 12.6 Å². The number of carboxylic acid groups (broad SMARTS) is 1. The molecule has 1 saturated heterocycles. The van der Waals surface area contributed by atoms with Gasteiger partial charge in [-0.1, -0.05) is 12.1 Å². The van der Waals surface area contributed by atoms with Crippen molar-refractivity contribution in [2.75, 3.05) is 32.1 Å². The summed E-state index contributed by atoms with van der Waals surface area (Å²) in [6.07, 6.45) is 2.50. The Hall–Kier alpha value is -1.55. The van der Waals surface area contributed by atoms with Crippen LogP contribution in [0.15, 0.2) is 24.3 Å². The standard InChI is InChI=1S/C15H22N2O2/c1-16(2)13-6-3-5-12(11-13)14-7-4-9-17(14)10-8-15(18)19/h3,5-6,11,14H,4,7-10H2,1-2H3,(H,18,19)/t14-/m0/s1. The van der Waals surface area contributed by atoms with Crippen LogP contribution in [0.3, 0.4) is 0 Å². The van der Waals surface area contributed by atoms with Gasteiger partial charge in [-0.2, -0.15) is 0 Å². The molecule has 1 aromatic rings. The molecule has 0 spiro atoms. The minimum Gasteiger partial charge on any atom is -0.481 e. The van der Waals surface area contributed by atoms with Crippen molar-refractivity contribution in [2.45, 2.75) is 25.3 Å². The summed E-state index contributed by atoms with van der Waals surface area (Å²) in [7, 11) is 4.08. The van der Waals surface area contributed by atoms with Crippen LogP contribution in [0.25, 0.3) is 0 Å². The number of likely N-dealkylation sites (tertiary alicyclic amines) is 1. The zero-order chi connectivity index (χ0) is 13.8. The van der Waals surface area contributed by atoms with Crippen LogP contribution in [-0.2, 0) is 4.79 Å². The Kier molecular flexibility index (Phi) is 4.43. The fraction of sp³-hybridized carbons (Fsp3) is 0.533. The van der Waals surface area contributed by atoms with E-state index in [4.69, 9.17) is 5.11 Å². The Labute approximate surface area is 114 Å². The molecule has 4 nitrogen and oxygen atoms in total. The zero-order valence-electron chi connectivity index (χ0n) is 11.7. The number of anilines is 1. The van der Waals surface area contributed by atoms with Crippen LogP contribution >= 0.6 is 0 Å². The molecule has 4 heteroatoms. The molecule has 1 heterocycles. The second-order valence-electron chi connectivity index (χ2n) is 5.33. The third-order valence-corrected chi connectivity index (χ3v) is 3.75. The summed E-state index contributed by atoms with van der Waals surface area (Å²) in [5.41, 5.74) is 2.50. The summed E-state index contributed by atoms with van der Waals surface area (Å²) < 4.78 is 0. The van der Waals surface area contributed by atoms with Crippen molar-refractivity contribution in [1.29, 1.82) is 0 Å². The minimum atomic E-state index is -0.715. The van der Waals surface area contributed by atoms with Gasteiger partial charge in [-0.3, -0.25) is 9.69 Å². The fourth-order valence-electron chi connectivity index (χ4n) is 2.72. The molecular weight excluding hydrogens is 240 g/mol. The number of aliphatic carboxylic acids is 1. The van der Waals surface area contributed by atoms with Gasteiger partial charge in [-0.25, -0.2) is 0 Å². The molecule has 1 aliphatic heterocycles. The lowest BCUT2D eigenvalue weighted by Crippen LogP contribution is -2.26. The second kappa shape index (κ2) is 6.06. The zero-order valence-corrected chi connectivity index (χ0v) is 11.7. The van der Waals surface area contributed by atoms with Gasteiger partial charge in [0.05, 0.1) is 6.42 Å². The monoisotopic (exact) mass is 262 g/mol. The maximum atomic E-state index is 10.7. The summed E-state index contributed by atoms with van der Waals surface area (Å²) in [4.78, 5) is 15.1. The van der Waals surface area contributed by atoms with Crippen molar-refractivity contribution in [3.8, 4) is 0 Å². The number of carboxylic acids is 1. The molecule has 1 atom stereocenters. The highest BCUT2D eigenvalue weighted by atomic mass is 16.4. The minimum absolute atomic E-state index is 0.226. The number of rotatable bonds is 5. The van der Waals surface area contributed by atoms with Crippen LogP contribution in [-0.4, -0.2) is 43.2 Å². The quantitative estimate of drug-likeness (QED) is 0.884. The molecule has 0 unspecified atom stereocenters. The lowest BCUT2D eigenvalue weighted by Gasteiger charge is -2.25. The van der Waals surface area contributed by atoms with Crippen LogP contribution in [0.5, 0.6) is 0 Å². The van der Waals surface area contributed by atoms with E-state index in [9.17, 15) is 4.79 Å². The largest absolute Gasteiger partial charge is 0.481 e. The van der Waals surface area contributed by atoms with Crippen molar-refractivity contribution >= 4 is 11.7 Å². The van der Waals surface area contributed by atoms with Gasteiger partial charge in [0, 0.05) is 32.4 Å². The average Bonchev–Trinajstić information content (AvgIpc) is 2.84. The van der Waals surface area contributed by atoms with Crippen LogP contribution < -0.4 is 4.90 Å². The molecule has 1 fully saturated rings. The topological polar surface area (TPSA) is 43.8 Å². The highest BCUT2D eigenvalue weighted by Gasteiger charge is 2.26. The molecule has 0 aromatic heterocycles. The Balaban J connectivity index is 2.10. The first-order chi connectivity index (χ1) is 9.08. The van der Waals surface area contributed by atoms with Gasteiger partial charge in [-0.05, 0) is 37.1 Å². The Bertz CT molecular complexity index is 446. The van der Waals surface area contributed by atoms with E-state index in [1.54, 1.807) is 0 Å². The van der Waals surface area contributed by atoms with Crippen molar-refractivity contribution in [3.63, 3.8) is 0 Å². The lowest BCUT2D eigenvalue weighted by molar-refractivity contribution is -0.137. The van der Waals surface area contributed by atoms with E-state index < -0.39 is 5.97 Å². The van der Waals surface area contributed by atoms with Gasteiger partial charge in [0.25, 0.3) is 0 Å². The van der Waals surface area contributed by atoms with Gasteiger partial charge in [0.1, 0.15) is 0 Å². The van der Waals surface area contributed by atoms with Gasteiger partial charge in [-0.15, -0.1) is 0 Å². The van der Waals surface area contributed by atoms with Crippen LogP contribution in [0.4, 0.5) is 5.69 Å². The van der Waals surface area contributed by atoms with Gasteiger partial charge >= 0.3 is 5.97 Å². The molecule has 1 aromatic carbocycles. The SMILES string of the molecule is CN(C)c1cccc([C@@H]2CCCN2CCC(=O)O)c1. The van der Waals surface area contributed by atoms with Crippen LogP contribution in [0.1, 0.15) is 30.9 Å². The predicted octanol–water partition coefficient (Wildman–Crippen LogP) is 2.36. The first-order valence-electron chi connectivity index (χ1n) is 6.81. The van der Waals surface area contributed by atoms with E-state index in [0.717, 1.165) is 19.4 Å². The third kappa shape index (κ3) is 3.47. The number of carbonyl (C=O) groups is 1. The molecule has 0 bridgehead atoms. The highest BCUT2D eigenvalue weighted by Crippen LogP contribution is 2.33. The van der Waals surface area contributed by atoms with E-state index in [1.165, 1.54) is 11.3 Å². The number of hydrogen-bond donors (Lipinski definition) is 1. The van der Waals surface area contributed by atoms with Crippen molar-refractivity contribution < 1.29 is 9.90 Å². The number of nitrogens with zero attached hydrogens (tertiary/aromatic N) is 2. The van der Waals surface area contributed by atoms with Crippen molar-refractivity contribution in [1.82, 2.24) is 4.90 Å². The molecule has 0 saturated carbocycles. The van der Waals surface area contributed by atoms with E-state index in [-0.39, 0.29) is 6.42 Å². The van der Waals surface area contributed by atoms with Gasteiger partial charge in [0.15, 0.2) is 0 Å². The summed E-state index contributed by atoms with van der Waals surface area (Å²) in [5, 5.41) is 8.81. The average molecular weight is 262 g/mol. The molecule has 0 radical (unpaired) electrons. The summed E-state index contributed by atoms with van der Waals surface area (Å²) in [5.74, 6) is -0.715. The molecule has 0 aliphatic carbocycles. The highest BCUT2D eigenvalue weighted by molar-refractivity contribution is 5.66. The summed E-state index contributed by atoms with van der Waals surface area (Å²) in [6, 6.07) is 8.91. The molecule has 19 heavy (non-hydrogen) atoms. The van der Waals surface area contributed by atoms with E-state index in [2.05, 4.69) is 34.1 Å². The third-order valence-electron chi connectivity index (χ3n) is 3.75. The fourth-order valence-corrected chi connectivity index (χ4v) is 2.72. The Morgan fingerprint density at radius 1 is 1.47 bits per heavy atom. The van der Waals surface area contributed by atoms with Crippen LogP contribution in [0.2, 0.25) is 0 Å². The number of benzene rings is 1. The van der Waals surface area contributed by atoms with Crippen LogP contribution in [0, 0.1) is 0 Å². The molecule has 0 amide bonds. The summed E-state index contributed by atoms with van der Waals surface area (Å²) in [6.45, 7) is 1.65. The second-order valence-corrected chi connectivity index (χ2v) is 5.33. The smallest absolute Gasteiger partial charge is 0.304 e. The first-order valence-corrected chi connectivity index (χ1v) is 6.81. The van der Waals surface area contributed by atoms with Crippen molar-refractivity contribution in [2.24, 2.45) is 0 Å². The Morgan fingerprint density at radius 2 is 2.26 bits per heavy atom. The summed E-state index contributed by atoms with van der Waals surface area (Å²) >= 11 is 0. The van der Waals surface area contributed by atoms with Gasteiger partial charge < -0.3 is 10.0 Å². The molecule has 104 valence electrons. The van der Waals surface area contributed by atoms with Crippen molar-refractivity contribution in [3.05, 3.63) is 29.8 Å². The molecule has 2 rings (SSSR count). The maximum Gasteiger partial charge on any atom is 0.304 e. The molecule has 1 N–H and O–H groups in total. The molecule has 1 aliphatic rings. The lowest BCUT2D eigenvalue weighted by atomic mass is 10.0. The molecular formula is C15H22N2O2.